The summed E-state index contributed by atoms with van der Waals surface area (Å²) in [6, 6.07) is 1.14. The Kier molecular flexibility index (Phi) is 3.57. The van der Waals surface area contributed by atoms with Crippen molar-refractivity contribution >= 4 is 17.7 Å². The van der Waals surface area contributed by atoms with Gasteiger partial charge < -0.3 is 15.3 Å². The van der Waals surface area contributed by atoms with Crippen LogP contribution in [0, 0.1) is 0 Å². The lowest BCUT2D eigenvalue weighted by atomic mass is 10.2. The van der Waals surface area contributed by atoms with E-state index in [1.807, 2.05) is 12.2 Å². The quantitative estimate of drug-likeness (QED) is 0.777. The van der Waals surface area contributed by atoms with E-state index in [4.69, 9.17) is 5.11 Å². The minimum atomic E-state index is -1.07. The summed E-state index contributed by atoms with van der Waals surface area (Å²) < 4.78 is 0. The van der Waals surface area contributed by atoms with Crippen LogP contribution >= 0.6 is 0 Å². The van der Waals surface area contributed by atoms with Crippen LogP contribution in [0.15, 0.2) is 30.6 Å². The Morgan fingerprint density at radius 1 is 1.33 bits per heavy atom. The van der Waals surface area contributed by atoms with E-state index in [9.17, 15) is 9.59 Å². The molecule has 0 radical (unpaired) electrons. The number of hydrogen-bond acceptors (Lipinski definition) is 3. The molecule has 2 N–H and O–H groups in total. The van der Waals surface area contributed by atoms with Gasteiger partial charge in [-0.05, 0) is 12.5 Å². The second-order valence-electron chi connectivity index (χ2n) is 3.90. The molecule has 0 spiro atoms. The third-order valence-electron chi connectivity index (χ3n) is 2.58. The average Bonchev–Trinajstić information content (AvgIpc) is 2.40. The number of hydrogen-bond donors (Lipinski definition) is 2. The number of carboxylic acids is 1. The molecule has 0 aromatic carbocycles. The van der Waals surface area contributed by atoms with Gasteiger partial charge >= 0.3 is 12.0 Å². The van der Waals surface area contributed by atoms with Crippen molar-refractivity contribution in [2.75, 3.05) is 18.4 Å². The minimum absolute atomic E-state index is 0.0475. The Hall–Kier alpha value is -2.37. The van der Waals surface area contributed by atoms with Crippen molar-refractivity contribution in [1.29, 1.82) is 0 Å². The number of carbonyl (C=O) groups is 2. The molecule has 0 aliphatic carbocycles. The molecule has 0 saturated carbocycles. The SMILES string of the molecule is O=C(O)c1cncc(NC(=O)N2CC=CCC2)c1. The monoisotopic (exact) mass is 247 g/mol. The molecule has 6 heteroatoms. The molecule has 0 atom stereocenters. The van der Waals surface area contributed by atoms with Gasteiger partial charge in [0.2, 0.25) is 0 Å². The lowest BCUT2D eigenvalue weighted by Crippen LogP contribution is -2.37. The molecule has 2 heterocycles. The molecule has 94 valence electrons. The van der Waals surface area contributed by atoms with Crippen LogP contribution in [-0.2, 0) is 0 Å². The van der Waals surface area contributed by atoms with E-state index in [2.05, 4.69) is 10.3 Å². The zero-order chi connectivity index (χ0) is 13.0. The van der Waals surface area contributed by atoms with E-state index in [-0.39, 0.29) is 11.6 Å². The zero-order valence-electron chi connectivity index (χ0n) is 9.67. The van der Waals surface area contributed by atoms with Crippen LogP contribution in [0.3, 0.4) is 0 Å². The number of carbonyl (C=O) groups excluding carboxylic acids is 1. The molecule has 0 fully saturated rings. The van der Waals surface area contributed by atoms with Crippen LogP contribution in [0.25, 0.3) is 0 Å². The third kappa shape index (κ3) is 2.85. The fraction of sp³-hybridized carbons (Fsp3) is 0.250. The number of aromatic carboxylic acids is 1. The first-order valence-corrected chi connectivity index (χ1v) is 5.56. The minimum Gasteiger partial charge on any atom is -0.478 e. The van der Waals surface area contributed by atoms with E-state index in [0.29, 0.717) is 18.8 Å². The second-order valence-corrected chi connectivity index (χ2v) is 3.90. The lowest BCUT2D eigenvalue weighted by molar-refractivity contribution is 0.0696. The Morgan fingerprint density at radius 2 is 2.17 bits per heavy atom. The van der Waals surface area contributed by atoms with Gasteiger partial charge in [0.1, 0.15) is 0 Å². The number of aromatic nitrogens is 1. The number of rotatable bonds is 2. The summed E-state index contributed by atoms with van der Waals surface area (Å²) in [6.07, 6.45) is 7.44. The smallest absolute Gasteiger partial charge is 0.337 e. The number of anilines is 1. The van der Waals surface area contributed by atoms with Crippen molar-refractivity contribution in [3.05, 3.63) is 36.2 Å². The second kappa shape index (κ2) is 5.31. The van der Waals surface area contributed by atoms with Gasteiger partial charge in [0, 0.05) is 19.3 Å². The van der Waals surface area contributed by atoms with Crippen LogP contribution < -0.4 is 5.32 Å². The van der Waals surface area contributed by atoms with Crippen LogP contribution in [0.1, 0.15) is 16.8 Å². The molecule has 18 heavy (non-hydrogen) atoms. The Bertz CT molecular complexity index is 499. The maximum absolute atomic E-state index is 11.9. The van der Waals surface area contributed by atoms with Crippen LogP contribution in [0.2, 0.25) is 0 Å². The van der Waals surface area contributed by atoms with Crippen molar-refractivity contribution in [3.63, 3.8) is 0 Å². The topological polar surface area (TPSA) is 82.5 Å². The van der Waals surface area contributed by atoms with Gasteiger partial charge in [0.05, 0.1) is 17.4 Å². The standard InChI is InChI=1S/C12H13N3O3/c16-11(17)9-6-10(8-13-7-9)14-12(18)15-4-2-1-3-5-15/h1-2,6-8H,3-5H2,(H,14,18)(H,16,17). The molecule has 2 rings (SSSR count). The van der Waals surface area contributed by atoms with Gasteiger partial charge in [-0.2, -0.15) is 0 Å². The van der Waals surface area contributed by atoms with Gasteiger partial charge in [-0.25, -0.2) is 9.59 Å². The van der Waals surface area contributed by atoms with Crippen molar-refractivity contribution in [2.45, 2.75) is 6.42 Å². The molecule has 6 nitrogen and oxygen atoms in total. The summed E-state index contributed by atoms with van der Waals surface area (Å²) in [4.78, 5) is 28.0. The van der Waals surface area contributed by atoms with Gasteiger partial charge in [0.25, 0.3) is 0 Å². The maximum atomic E-state index is 11.9. The first-order valence-electron chi connectivity index (χ1n) is 5.56. The van der Waals surface area contributed by atoms with E-state index in [1.54, 1.807) is 4.90 Å². The van der Waals surface area contributed by atoms with Gasteiger partial charge in [0.15, 0.2) is 0 Å². The lowest BCUT2D eigenvalue weighted by Gasteiger charge is -2.23. The number of nitrogens with one attached hydrogen (secondary N) is 1. The molecule has 1 aliphatic rings. The van der Waals surface area contributed by atoms with Crippen LogP contribution in [-0.4, -0.2) is 40.1 Å². The van der Waals surface area contributed by atoms with Crippen molar-refractivity contribution in [1.82, 2.24) is 9.88 Å². The summed E-state index contributed by atoms with van der Waals surface area (Å²) in [6.45, 7) is 1.23. The van der Waals surface area contributed by atoms with Crippen molar-refractivity contribution < 1.29 is 14.7 Å². The van der Waals surface area contributed by atoms with Crippen LogP contribution in [0.4, 0.5) is 10.5 Å². The molecule has 0 bridgehead atoms. The molecule has 0 unspecified atom stereocenters. The Labute approximate surface area is 104 Å². The number of carboxylic acid groups (broad SMARTS) is 1. The van der Waals surface area contributed by atoms with Gasteiger partial charge in [-0.1, -0.05) is 12.2 Å². The third-order valence-corrected chi connectivity index (χ3v) is 2.58. The molecule has 0 saturated heterocycles. The maximum Gasteiger partial charge on any atom is 0.337 e. The average molecular weight is 247 g/mol. The zero-order valence-corrected chi connectivity index (χ0v) is 9.67. The summed E-state index contributed by atoms with van der Waals surface area (Å²) >= 11 is 0. The molecule has 1 aromatic heterocycles. The van der Waals surface area contributed by atoms with Crippen molar-refractivity contribution in [3.8, 4) is 0 Å². The normalized spacial score (nSPS) is 14.3. The summed E-state index contributed by atoms with van der Waals surface area (Å²) in [5.41, 5.74) is 0.431. The largest absolute Gasteiger partial charge is 0.478 e. The fourth-order valence-corrected chi connectivity index (χ4v) is 1.65. The number of pyridine rings is 1. The van der Waals surface area contributed by atoms with Crippen LogP contribution in [0.5, 0.6) is 0 Å². The highest BCUT2D eigenvalue weighted by atomic mass is 16.4. The molecule has 1 aliphatic heterocycles. The summed E-state index contributed by atoms with van der Waals surface area (Å²) in [5.74, 6) is -1.07. The number of nitrogens with zero attached hydrogens (tertiary/aromatic N) is 2. The van der Waals surface area contributed by atoms with E-state index in [1.165, 1.54) is 18.5 Å². The first-order chi connectivity index (χ1) is 8.66. The predicted octanol–water partition coefficient (Wildman–Crippen LogP) is 1.57. The Balaban J connectivity index is 2.04. The molecule has 1 aromatic rings. The van der Waals surface area contributed by atoms with Crippen molar-refractivity contribution in [2.24, 2.45) is 0 Å². The fourth-order valence-electron chi connectivity index (χ4n) is 1.65. The highest BCUT2D eigenvalue weighted by Gasteiger charge is 2.14. The predicted molar refractivity (Wildman–Crippen MR) is 65.5 cm³/mol. The summed E-state index contributed by atoms with van der Waals surface area (Å²) in [7, 11) is 0. The van der Waals surface area contributed by atoms with E-state index in [0.717, 1.165) is 6.42 Å². The molecular formula is C12H13N3O3. The number of urea groups is 1. The van der Waals surface area contributed by atoms with Gasteiger partial charge in [-0.3, -0.25) is 4.98 Å². The van der Waals surface area contributed by atoms with Gasteiger partial charge in [-0.15, -0.1) is 0 Å². The molecule has 2 amide bonds. The Morgan fingerprint density at radius 3 is 2.83 bits per heavy atom. The number of amides is 2. The highest BCUT2D eigenvalue weighted by Crippen LogP contribution is 2.10. The van der Waals surface area contributed by atoms with E-state index >= 15 is 0 Å². The molecular weight excluding hydrogens is 234 g/mol. The highest BCUT2D eigenvalue weighted by molar-refractivity contribution is 5.92. The van der Waals surface area contributed by atoms with E-state index < -0.39 is 5.97 Å². The summed E-state index contributed by atoms with van der Waals surface area (Å²) in [5, 5.41) is 11.5. The first kappa shape index (κ1) is 12.1.